The van der Waals surface area contributed by atoms with Crippen LogP contribution in [0.2, 0.25) is 0 Å². The van der Waals surface area contributed by atoms with E-state index in [1.54, 1.807) is 23.0 Å². The molecule has 2 aromatic rings. The molecule has 2 rings (SSSR count). The second kappa shape index (κ2) is 5.56. The number of hydrogen-bond acceptors (Lipinski definition) is 3. The second-order valence-corrected chi connectivity index (χ2v) is 4.53. The molecule has 19 heavy (non-hydrogen) atoms. The predicted octanol–water partition coefficient (Wildman–Crippen LogP) is 1.28. The van der Waals surface area contributed by atoms with Gasteiger partial charge in [-0.15, -0.1) is 0 Å². The number of nitrogens with zero attached hydrogens (tertiary/aromatic N) is 2. The first-order valence-electron chi connectivity index (χ1n) is 6.19. The lowest BCUT2D eigenvalue weighted by Crippen LogP contribution is -2.27. The Morgan fingerprint density at radius 2 is 2.21 bits per heavy atom. The fraction of sp³-hybridized carbons (Fsp3) is 0.286. The van der Waals surface area contributed by atoms with Gasteiger partial charge >= 0.3 is 0 Å². The van der Waals surface area contributed by atoms with Gasteiger partial charge in [0.1, 0.15) is 0 Å². The van der Waals surface area contributed by atoms with Crippen molar-refractivity contribution in [2.24, 2.45) is 7.05 Å². The minimum Gasteiger partial charge on any atom is -0.399 e. The normalized spacial score (nSPS) is 10.4. The summed E-state index contributed by atoms with van der Waals surface area (Å²) in [6.07, 6.45) is 2.50. The van der Waals surface area contributed by atoms with Crippen molar-refractivity contribution in [1.82, 2.24) is 15.1 Å². The molecule has 0 saturated carbocycles. The van der Waals surface area contributed by atoms with Crippen LogP contribution in [0.15, 0.2) is 30.5 Å². The maximum Gasteiger partial charge on any atom is 0.251 e. The predicted molar refractivity (Wildman–Crippen MR) is 74.8 cm³/mol. The first-order valence-corrected chi connectivity index (χ1v) is 6.19. The Morgan fingerprint density at radius 1 is 1.42 bits per heavy atom. The van der Waals surface area contributed by atoms with E-state index in [2.05, 4.69) is 10.4 Å². The standard InChI is InChI=1S/C14H18N4O/c1-10-3-4-11(15)9-13(10)14(19)16-7-5-12-6-8-17-18(12)2/h3-4,6,8-9H,5,7,15H2,1-2H3,(H,16,19). The van der Waals surface area contributed by atoms with Crippen LogP contribution < -0.4 is 11.1 Å². The van der Waals surface area contributed by atoms with E-state index in [1.807, 2.05) is 26.1 Å². The molecule has 0 aliphatic heterocycles. The zero-order valence-electron chi connectivity index (χ0n) is 11.2. The van der Waals surface area contributed by atoms with Gasteiger partial charge in [-0.2, -0.15) is 5.10 Å². The number of nitrogen functional groups attached to an aromatic ring is 1. The van der Waals surface area contributed by atoms with Gasteiger partial charge in [-0.05, 0) is 30.7 Å². The Hall–Kier alpha value is -2.30. The number of carbonyl (C=O) groups is 1. The van der Waals surface area contributed by atoms with E-state index in [1.165, 1.54) is 0 Å². The van der Waals surface area contributed by atoms with Gasteiger partial charge in [0.2, 0.25) is 0 Å². The average molecular weight is 258 g/mol. The lowest BCUT2D eigenvalue weighted by atomic mass is 10.1. The molecule has 5 heteroatoms. The highest BCUT2D eigenvalue weighted by molar-refractivity contribution is 5.96. The molecule has 3 N–H and O–H groups in total. The van der Waals surface area contributed by atoms with Crippen LogP contribution in [0.4, 0.5) is 5.69 Å². The number of anilines is 1. The molecular formula is C14H18N4O. The smallest absolute Gasteiger partial charge is 0.251 e. The second-order valence-electron chi connectivity index (χ2n) is 4.53. The van der Waals surface area contributed by atoms with E-state index in [0.29, 0.717) is 17.8 Å². The third-order valence-electron chi connectivity index (χ3n) is 3.10. The van der Waals surface area contributed by atoms with Crippen LogP contribution in [-0.2, 0) is 13.5 Å². The maximum atomic E-state index is 12.0. The van der Waals surface area contributed by atoms with Crippen LogP contribution in [0, 0.1) is 6.92 Å². The molecule has 0 aliphatic carbocycles. The SMILES string of the molecule is Cc1ccc(N)cc1C(=O)NCCc1ccnn1C. The van der Waals surface area contributed by atoms with Crippen LogP contribution in [0.3, 0.4) is 0 Å². The minimum atomic E-state index is -0.0908. The number of carbonyl (C=O) groups excluding carboxylic acids is 1. The Morgan fingerprint density at radius 3 is 2.89 bits per heavy atom. The Bertz CT molecular complexity index is 589. The van der Waals surface area contributed by atoms with Crippen molar-refractivity contribution in [3.05, 3.63) is 47.3 Å². The Kier molecular flexibility index (Phi) is 3.85. The molecule has 5 nitrogen and oxygen atoms in total. The summed E-state index contributed by atoms with van der Waals surface area (Å²) in [6, 6.07) is 7.29. The number of nitrogens with one attached hydrogen (secondary N) is 1. The van der Waals surface area contributed by atoms with E-state index < -0.39 is 0 Å². The van der Waals surface area contributed by atoms with E-state index in [-0.39, 0.29) is 5.91 Å². The highest BCUT2D eigenvalue weighted by Gasteiger charge is 2.09. The quantitative estimate of drug-likeness (QED) is 0.811. The number of nitrogens with two attached hydrogens (primary N) is 1. The van der Waals surface area contributed by atoms with E-state index in [0.717, 1.165) is 17.7 Å². The molecule has 0 unspecified atom stereocenters. The van der Waals surface area contributed by atoms with Gasteiger partial charge in [0.05, 0.1) is 0 Å². The van der Waals surface area contributed by atoms with Gasteiger partial charge in [-0.25, -0.2) is 0 Å². The largest absolute Gasteiger partial charge is 0.399 e. The van der Waals surface area contributed by atoms with Gasteiger partial charge in [0, 0.05) is 43.2 Å². The summed E-state index contributed by atoms with van der Waals surface area (Å²) < 4.78 is 1.80. The van der Waals surface area contributed by atoms with Crippen LogP contribution in [0.25, 0.3) is 0 Å². The molecule has 0 spiro atoms. The number of rotatable bonds is 4. The molecule has 0 bridgehead atoms. The summed E-state index contributed by atoms with van der Waals surface area (Å²) in [5.74, 6) is -0.0908. The number of hydrogen-bond donors (Lipinski definition) is 2. The van der Waals surface area contributed by atoms with Crippen molar-refractivity contribution in [2.75, 3.05) is 12.3 Å². The molecule has 1 aromatic heterocycles. The van der Waals surface area contributed by atoms with Crippen LogP contribution in [0.5, 0.6) is 0 Å². The molecule has 0 radical (unpaired) electrons. The van der Waals surface area contributed by atoms with Crippen molar-refractivity contribution in [2.45, 2.75) is 13.3 Å². The van der Waals surface area contributed by atoms with Crippen molar-refractivity contribution < 1.29 is 4.79 Å². The van der Waals surface area contributed by atoms with Crippen LogP contribution >= 0.6 is 0 Å². The molecule has 0 fully saturated rings. The molecule has 0 saturated heterocycles. The average Bonchev–Trinajstić information content (AvgIpc) is 2.78. The summed E-state index contributed by atoms with van der Waals surface area (Å²) >= 11 is 0. The van der Waals surface area contributed by atoms with E-state index in [9.17, 15) is 4.79 Å². The number of aromatic nitrogens is 2. The third-order valence-corrected chi connectivity index (χ3v) is 3.10. The number of aryl methyl sites for hydroxylation is 2. The fourth-order valence-electron chi connectivity index (χ4n) is 1.93. The molecule has 1 amide bonds. The van der Waals surface area contributed by atoms with E-state index >= 15 is 0 Å². The summed E-state index contributed by atoms with van der Waals surface area (Å²) in [5, 5.41) is 6.98. The van der Waals surface area contributed by atoms with Crippen LogP contribution in [0.1, 0.15) is 21.6 Å². The first kappa shape index (κ1) is 13.1. The molecule has 0 aliphatic rings. The lowest BCUT2D eigenvalue weighted by Gasteiger charge is -2.08. The van der Waals surface area contributed by atoms with Gasteiger partial charge < -0.3 is 11.1 Å². The van der Waals surface area contributed by atoms with Gasteiger partial charge in [-0.1, -0.05) is 6.07 Å². The molecular weight excluding hydrogens is 240 g/mol. The van der Waals surface area contributed by atoms with Crippen molar-refractivity contribution >= 4 is 11.6 Å². The summed E-state index contributed by atoms with van der Waals surface area (Å²) in [6.45, 7) is 2.47. The zero-order valence-corrected chi connectivity index (χ0v) is 11.2. The van der Waals surface area contributed by atoms with Gasteiger partial charge in [0.25, 0.3) is 5.91 Å². The summed E-state index contributed by atoms with van der Waals surface area (Å²) in [5.41, 5.74) is 8.94. The topological polar surface area (TPSA) is 72.9 Å². The Labute approximate surface area is 112 Å². The molecule has 1 heterocycles. The van der Waals surface area contributed by atoms with Crippen molar-refractivity contribution in [1.29, 1.82) is 0 Å². The molecule has 1 aromatic carbocycles. The number of amides is 1. The van der Waals surface area contributed by atoms with E-state index in [4.69, 9.17) is 5.73 Å². The van der Waals surface area contributed by atoms with Crippen molar-refractivity contribution in [3.63, 3.8) is 0 Å². The highest BCUT2D eigenvalue weighted by atomic mass is 16.1. The van der Waals surface area contributed by atoms with Gasteiger partial charge in [0.15, 0.2) is 0 Å². The van der Waals surface area contributed by atoms with Crippen LogP contribution in [-0.4, -0.2) is 22.2 Å². The van der Waals surface area contributed by atoms with Gasteiger partial charge in [-0.3, -0.25) is 9.48 Å². The minimum absolute atomic E-state index is 0.0908. The maximum absolute atomic E-state index is 12.0. The zero-order chi connectivity index (χ0) is 13.8. The molecule has 100 valence electrons. The lowest BCUT2D eigenvalue weighted by molar-refractivity contribution is 0.0953. The highest BCUT2D eigenvalue weighted by Crippen LogP contribution is 2.12. The third kappa shape index (κ3) is 3.13. The van der Waals surface area contributed by atoms with Crippen molar-refractivity contribution in [3.8, 4) is 0 Å². The fourth-order valence-corrected chi connectivity index (χ4v) is 1.93. The Balaban J connectivity index is 1.94. The summed E-state index contributed by atoms with van der Waals surface area (Å²) in [4.78, 5) is 12.0. The first-order chi connectivity index (χ1) is 9.08. The monoisotopic (exact) mass is 258 g/mol. The molecule has 0 atom stereocenters. The summed E-state index contributed by atoms with van der Waals surface area (Å²) in [7, 11) is 1.89. The number of benzene rings is 1.